The van der Waals surface area contributed by atoms with Crippen molar-refractivity contribution in [3.05, 3.63) is 22.4 Å². The number of carbonyl (C=O) groups excluding carboxylic acids is 1. The topological polar surface area (TPSA) is 63.9 Å². The van der Waals surface area contributed by atoms with E-state index >= 15 is 0 Å². The van der Waals surface area contributed by atoms with Gasteiger partial charge in [-0.2, -0.15) is 0 Å². The predicted octanol–water partition coefficient (Wildman–Crippen LogP) is 2.77. The molecule has 22 heavy (non-hydrogen) atoms. The molecule has 0 radical (unpaired) electrons. The molecule has 0 saturated carbocycles. The second-order valence-electron chi connectivity index (χ2n) is 5.55. The standard InChI is InChI=1S/C14H19N5OS2/c1-10(2)19-14(15-16-17-19)22-9-13(20)18-7-3-5-11(18)12-6-4-8-21-12/h4,6,8,10-11H,3,5,7,9H2,1-2H3. The van der Waals surface area contributed by atoms with Crippen LogP contribution in [0.15, 0.2) is 22.7 Å². The van der Waals surface area contributed by atoms with Crippen molar-refractivity contribution in [1.82, 2.24) is 25.1 Å². The van der Waals surface area contributed by atoms with Crippen molar-refractivity contribution >= 4 is 29.0 Å². The number of nitrogens with zero attached hydrogens (tertiary/aromatic N) is 5. The molecule has 1 amide bonds. The summed E-state index contributed by atoms with van der Waals surface area (Å²) in [5.41, 5.74) is 0. The third kappa shape index (κ3) is 3.17. The van der Waals surface area contributed by atoms with Crippen LogP contribution in [0.5, 0.6) is 0 Å². The number of tetrazole rings is 1. The van der Waals surface area contributed by atoms with Crippen molar-refractivity contribution in [2.75, 3.05) is 12.3 Å². The summed E-state index contributed by atoms with van der Waals surface area (Å²) in [7, 11) is 0. The largest absolute Gasteiger partial charge is 0.334 e. The molecular weight excluding hydrogens is 318 g/mol. The number of hydrogen-bond donors (Lipinski definition) is 0. The lowest BCUT2D eigenvalue weighted by atomic mass is 10.2. The first-order valence-corrected chi connectivity index (χ1v) is 9.27. The number of rotatable bonds is 5. The summed E-state index contributed by atoms with van der Waals surface area (Å²) in [5, 5.41) is 14.4. The molecule has 1 aliphatic rings. The lowest BCUT2D eigenvalue weighted by Crippen LogP contribution is -2.31. The van der Waals surface area contributed by atoms with Crippen molar-refractivity contribution in [2.24, 2.45) is 0 Å². The van der Waals surface area contributed by atoms with E-state index in [2.05, 4.69) is 27.0 Å². The third-order valence-electron chi connectivity index (χ3n) is 3.72. The van der Waals surface area contributed by atoms with Crippen molar-refractivity contribution in [3.63, 3.8) is 0 Å². The van der Waals surface area contributed by atoms with E-state index in [4.69, 9.17) is 0 Å². The van der Waals surface area contributed by atoms with Gasteiger partial charge < -0.3 is 4.90 Å². The maximum absolute atomic E-state index is 12.6. The summed E-state index contributed by atoms with van der Waals surface area (Å²) in [4.78, 5) is 15.8. The molecular formula is C14H19N5OS2. The first-order chi connectivity index (χ1) is 10.7. The molecule has 2 aromatic heterocycles. The molecule has 0 spiro atoms. The summed E-state index contributed by atoms with van der Waals surface area (Å²) in [5.74, 6) is 0.550. The maximum Gasteiger partial charge on any atom is 0.233 e. The summed E-state index contributed by atoms with van der Waals surface area (Å²) in [6.45, 7) is 4.89. The Hall–Kier alpha value is -1.41. The quantitative estimate of drug-likeness (QED) is 0.785. The Labute approximate surface area is 137 Å². The van der Waals surface area contributed by atoms with Gasteiger partial charge in [0.15, 0.2) is 0 Å². The summed E-state index contributed by atoms with van der Waals surface area (Å²) < 4.78 is 1.75. The number of carbonyl (C=O) groups is 1. The molecule has 1 aliphatic heterocycles. The second-order valence-corrected chi connectivity index (χ2v) is 7.47. The minimum Gasteiger partial charge on any atom is -0.334 e. The minimum absolute atomic E-state index is 0.166. The highest BCUT2D eigenvalue weighted by molar-refractivity contribution is 7.99. The zero-order valence-electron chi connectivity index (χ0n) is 12.7. The van der Waals surface area contributed by atoms with Crippen LogP contribution in [0.1, 0.15) is 43.6 Å². The van der Waals surface area contributed by atoms with Crippen molar-refractivity contribution in [2.45, 2.75) is 43.9 Å². The molecule has 0 aliphatic carbocycles. The fourth-order valence-corrected chi connectivity index (χ4v) is 4.42. The van der Waals surface area contributed by atoms with Crippen LogP contribution in [-0.4, -0.2) is 43.3 Å². The van der Waals surface area contributed by atoms with E-state index in [1.807, 2.05) is 24.8 Å². The Morgan fingerprint density at radius 2 is 2.41 bits per heavy atom. The van der Waals surface area contributed by atoms with Crippen LogP contribution in [0, 0.1) is 0 Å². The normalized spacial score (nSPS) is 18.3. The molecule has 0 aromatic carbocycles. The summed E-state index contributed by atoms with van der Waals surface area (Å²) >= 11 is 3.14. The average molecular weight is 337 g/mol. The first-order valence-electron chi connectivity index (χ1n) is 7.40. The lowest BCUT2D eigenvalue weighted by Gasteiger charge is -2.23. The van der Waals surface area contributed by atoms with Crippen molar-refractivity contribution < 1.29 is 4.79 Å². The Balaban J connectivity index is 1.63. The van der Waals surface area contributed by atoms with Crippen molar-refractivity contribution in [1.29, 1.82) is 0 Å². The lowest BCUT2D eigenvalue weighted by molar-refractivity contribution is -0.129. The van der Waals surface area contributed by atoms with E-state index in [0.29, 0.717) is 10.9 Å². The van der Waals surface area contributed by atoms with E-state index in [-0.39, 0.29) is 18.0 Å². The average Bonchev–Trinajstić information content (AvgIpc) is 3.23. The number of thioether (sulfide) groups is 1. The number of thiophene rings is 1. The van der Waals surface area contributed by atoms with E-state index < -0.39 is 0 Å². The van der Waals surface area contributed by atoms with Gasteiger partial charge in [0.2, 0.25) is 11.1 Å². The molecule has 0 bridgehead atoms. The fourth-order valence-electron chi connectivity index (χ4n) is 2.66. The molecule has 2 aromatic rings. The van der Waals surface area contributed by atoms with Crippen LogP contribution in [-0.2, 0) is 4.79 Å². The van der Waals surface area contributed by atoms with Crippen LogP contribution in [0.3, 0.4) is 0 Å². The number of aromatic nitrogens is 4. The number of hydrogen-bond acceptors (Lipinski definition) is 6. The third-order valence-corrected chi connectivity index (χ3v) is 5.61. The van der Waals surface area contributed by atoms with Gasteiger partial charge in [-0.1, -0.05) is 17.8 Å². The zero-order valence-corrected chi connectivity index (χ0v) is 14.3. The van der Waals surface area contributed by atoms with Crippen LogP contribution in [0.25, 0.3) is 0 Å². The molecule has 1 fully saturated rings. The van der Waals surface area contributed by atoms with Gasteiger partial charge in [-0.05, 0) is 48.6 Å². The van der Waals surface area contributed by atoms with Gasteiger partial charge in [-0.15, -0.1) is 16.4 Å². The van der Waals surface area contributed by atoms with E-state index in [1.165, 1.54) is 16.6 Å². The molecule has 1 unspecified atom stereocenters. The Morgan fingerprint density at radius 3 is 3.14 bits per heavy atom. The molecule has 1 atom stereocenters. The highest BCUT2D eigenvalue weighted by Gasteiger charge is 2.30. The number of amides is 1. The molecule has 3 heterocycles. The van der Waals surface area contributed by atoms with Crippen LogP contribution in [0.2, 0.25) is 0 Å². The van der Waals surface area contributed by atoms with Gasteiger partial charge in [-0.3, -0.25) is 4.79 Å². The van der Waals surface area contributed by atoms with Gasteiger partial charge in [-0.25, -0.2) is 4.68 Å². The molecule has 8 heteroatoms. The summed E-state index contributed by atoms with van der Waals surface area (Å²) in [6, 6.07) is 4.60. The van der Waals surface area contributed by atoms with Gasteiger partial charge >= 0.3 is 0 Å². The van der Waals surface area contributed by atoms with E-state index in [0.717, 1.165) is 19.4 Å². The molecule has 6 nitrogen and oxygen atoms in total. The van der Waals surface area contributed by atoms with Gasteiger partial charge in [0.05, 0.1) is 17.8 Å². The van der Waals surface area contributed by atoms with Gasteiger partial charge in [0, 0.05) is 11.4 Å². The first kappa shape index (κ1) is 15.5. The monoisotopic (exact) mass is 337 g/mol. The van der Waals surface area contributed by atoms with Crippen molar-refractivity contribution in [3.8, 4) is 0 Å². The Bertz CT molecular complexity index is 625. The fraction of sp³-hybridized carbons (Fsp3) is 0.571. The predicted molar refractivity (Wildman–Crippen MR) is 86.9 cm³/mol. The maximum atomic E-state index is 12.6. The molecule has 1 saturated heterocycles. The van der Waals surface area contributed by atoms with Crippen LogP contribution in [0.4, 0.5) is 0 Å². The Morgan fingerprint density at radius 1 is 1.55 bits per heavy atom. The van der Waals surface area contributed by atoms with Gasteiger partial charge in [0.25, 0.3) is 0 Å². The zero-order chi connectivity index (χ0) is 15.5. The smallest absolute Gasteiger partial charge is 0.233 e. The van der Waals surface area contributed by atoms with Crippen LogP contribution < -0.4 is 0 Å². The highest BCUT2D eigenvalue weighted by Crippen LogP contribution is 2.35. The highest BCUT2D eigenvalue weighted by atomic mass is 32.2. The summed E-state index contributed by atoms with van der Waals surface area (Å²) in [6.07, 6.45) is 2.13. The Kier molecular flexibility index (Phi) is 4.77. The van der Waals surface area contributed by atoms with E-state index in [1.54, 1.807) is 16.0 Å². The second kappa shape index (κ2) is 6.78. The van der Waals surface area contributed by atoms with Crippen LogP contribution >= 0.6 is 23.1 Å². The molecule has 0 N–H and O–H groups in total. The molecule has 3 rings (SSSR count). The molecule has 118 valence electrons. The number of likely N-dealkylation sites (tertiary alicyclic amines) is 1. The SMILES string of the molecule is CC(C)n1nnnc1SCC(=O)N1CCCC1c1cccs1. The minimum atomic E-state index is 0.166. The van der Waals surface area contributed by atoms with Gasteiger partial charge in [0.1, 0.15) is 0 Å². The van der Waals surface area contributed by atoms with E-state index in [9.17, 15) is 4.79 Å².